The topological polar surface area (TPSA) is 48.4 Å². The maximum atomic E-state index is 12.1. The van der Waals surface area contributed by atoms with Crippen molar-refractivity contribution >= 4 is 11.5 Å². The van der Waals surface area contributed by atoms with Gasteiger partial charge < -0.3 is 9.47 Å². The van der Waals surface area contributed by atoms with Crippen LogP contribution in [0.2, 0.25) is 0 Å². The van der Waals surface area contributed by atoms with Gasteiger partial charge in [-0.2, -0.15) is 0 Å². The Hall–Kier alpha value is -1.84. The average Bonchev–Trinajstić information content (AvgIpc) is 3.03. The van der Waals surface area contributed by atoms with Gasteiger partial charge in [0.05, 0.1) is 19.4 Å². The van der Waals surface area contributed by atoms with Crippen LogP contribution in [0.3, 0.4) is 0 Å². The summed E-state index contributed by atoms with van der Waals surface area (Å²) in [6.07, 6.45) is 15.1. The second-order valence-corrected chi connectivity index (χ2v) is 10.9. The number of pyridine rings is 1. The van der Waals surface area contributed by atoms with Crippen molar-refractivity contribution < 1.29 is 14.3 Å². The highest BCUT2D eigenvalue weighted by Gasteiger charge is 2.58. The molecule has 1 aliphatic heterocycles. The quantitative estimate of drug-likeness (QED) is 0.552. The molecule has 3 fully saturated rings. The monoisotopic (exact) mass is 423 g/mol. The molecule has 0 amide bonds. The van der Waals surface area contributed by atoms with Crippen LogP contribution in [0.15, 0.2) is 24.5 Å². The zero-order chi connectivity index (χ0) is 21.6. The molecule has 1 aromatic rings. The molecule has 2 heterocycles. The van der Waals surface area contributed by atoms with Crippen molar-refractivity contribution in [2.24, 2.45) is 34.5 Å². The number of esters is 1. The predicted molar refractivity (Wildman–Crippen MR) is 121 cm³/mol. The van der Waals surface area contributed by atoms with Crippen molar-refractivity contribution in [2.45, 2.75) is 72.1 Å². The fourth-order valence-corrected chi connectivity index (χ4v) is 7.78. The first-order chi connectivity index (χ1) is 15.0. The molecule has 1 aromatic heterocycles. The van der Waals surface area contributed by atoms with Gasteiger partial charge in [0, 0.05) is 12.6 Å². The van der Waals surface area contributed by atoms with Crippen molar-refractivity contribution in [3.05, 3.63) is 30.1 Å². The molecule has 168 valence electrons. The molecule has 31 heavy (non-hydrogen) atoms. The largest absolute Gasteiger partial charge is 0.492 e. The average molecular weight is 424 g/mol. The van der Waals surface area contributed by atoms with E-state index in [2.05, 4.69) is 37.9 Å². The summed E-state index contributed by atoms with van der Waals surface area (Å²) in [5.41, 5.74) is 3.18. The number of aromatic nitrogens is 1. The van der Waals surface area contributed by atoms with Gasteiger partial charge in [0.25, 0.3) is 0 Å². The van der Waals surface area contributed by atoms with Gasteiger partial charge in [0.1, 0.15) is 5.75 Å². The molecule has 6 unspecified atom stereocenters. The Bertz CT molecular complexity index is 879. The van der Waals surface area contributed by atoms with E-state index in [-0.39, 0.29) is 16.8 Å². The van der Waals surface area contributed by atoms with E-state index in [0.29, 0.717) is 30.8 Å². The number of cyclic esters (lactones) is 1. The number of hydrogen-bond donors (Lipinski definition) is 0. The van der Waals surface area contributed by atoms with Crippen molar-refractivity contribution in [3.8, 4) is 5.75 Å². The third-order valence-electron chi connectivity index (χ3n) is 9.46. The lowest BCUT2D eigenvalue weighted by Gasteiger charge is -2.58. The standard InChI is InChI=1S/C27H37NO3/c1-4-12-30-20-14-18(16-28-17-20)22-7-8-23-21-6-5-19-15-25(29)31-13-11-26(19,2)24(21)9-10-27(22,23)3/h7,14,16-17,19,21,23-24H,4-6,8-13,15H2,1-3H3. The van der Waals surface area contributed by atoms with Gasteiger partial charge in [-0.15, -0.1) is 0 Å². The van der Waals surface area contributed by atoms with Crippen LogP contribution in [-0.2, 0) is 9.53 Å². The van der Waals surface area contributed by atoms with Gasteiger partial charge in [0.2, 0.25) is 0 Å². The Labute approximate surface area is 186 Å². The maximum Gasteiger partial charge on any atom is 0.306 e. The van der Waals surface area contributed by atoms with E-state index in [1.54, 1.807) is 0 Å². The van der Waals surface area contributed by atoms with Crippen molar-refractivity contribution in [1.29, 1.82) is 0 Å². The molecule has 5 rings (SSSR count). The van der Waals surface area contributed by atoms with E-state index in [4.69, 9.17) is 9.47 Å². The van der Waals surface area contributed by atoms with Crippen LogP contribution in [0.5, 0.6) is 5.75 Å². The van der Waals surface area contributed by atoms with Gasteiger partial charge in [-0.1, -0.05) is 26.8 Å². The smallest absolute Gasteiger partial charge is 0.306 e. The lowest BCUT2D eigenvalue weighted by molar-refractivity contribution is -0.143. The Balaban J connectivity index is 1.40. The number of carbonyl (C=O) groups excluding carboxylic acids is 1. The zero-order valence-corrected chi connectivity index (χ0v) is 19.4. The Morgan fingerprint density at radius 3 is 2.87 bits per heavy atom. The molecule has 6 atom stereocenters. The van der Waals surface area contributed by atoms with Crippen LogP contribution in [0, 0.1) is 34.5 Å². The van der Waals surface area contributed by atoms with Gasteiger partial charge in [0.15, 0.2) is 0 Å². The van der Waals surface area contributed by atoms with Crippen LogP contribution in [-0.4, -0.2) is 24.2 Å². The summed E-state index contributed by atoms with van der Waals surface area (Å²) < 4.78 is 11.4. The molecule has 4 heteroatoms. The molecule has 0 N–H and O–H groups in total. The molecule has 0 radical (unpaired) electrons. The number of carbonyl (C=O) groups is 1. The van der Waals surface area contributed by atoms with Crippen molar-refractivity contribution in [3.63, 3.8) is 0 Å². The number of allylic oxidation sites excluding steroid dienone is 2. The van der Waals surface area contributed by atoms with Crippen molar-refractivity contribution in [1.82, 2.24) is 4.98 Å². The van der Waals surface area contributed by atoms with E-state index in [1.807, 2.05) is 12.4 Å². The molecule has 0 spiro atoms. The first-order valence-corrected chi connectivity index (χ1v) is 12.4. The van der Waals surface area contributed by atoms with Gasteiger partial charge in [-0.25, -0.2) is 0 Å². The van der Waals surface area contributed by atoms with Crippen LogP contribution >= 0.6 is 0 Å². The maximum absolute atomic E-state index is 12.1. The lowest BCUT2D eigenvalue weighted by atomic mass is 9.46. The number of nitrogens with zero attached hydrogens (tertiary/aromatic N) is 1. The van der Waals surface area contributed by atoms with E-state index >= 15 is 0 Å². The molecule has 4 aliphatic rings. The Morgan fingerprint density at radius 2 is 2.03 bits per heavy atom. The lowest BCUT2D eigenvalue weighted by Crippen LogP contribution is -2.51. The second-order valence-electron chi connectivity index (χ2n) is 10.9. The molecule has 1 saturated heterocycles. The number of fused-ring (bicyclic) bond motifs is 5. The predicted octanol–water partition coefficient (Wildman–Crippen LogP) is 6.06. The fraction of sp³-hybridized carbons (Fsp3) is 0.704. The molecular formula is C27H37NO3. The van der Waals surface area contributed by atoms with Crippen LogP contribution < -0.4 is 4.74 Å². The summed E-state index contributed by atoms with van der Waals surface area (Å²) in [6.45, 7) is 8.45. The molecule has 0 aromatic carbocycles. The summed E-state index contributed by atoms with van der Waals surface area (Å²) in [6, 6.07) is 2.20. The molecule has 2 saturated carbocycles. The van der Waals surface area contributed by atoms with E-state index in [1.165, 1.54) is 43.2 Å². The summed E-state index contributed by atoms with van der Waals surface area (Å²) in [5.74, 6) is 3.56. The first kappa shape index (κ1) is 21.0. The molecule has 3 aliphatic carbocycles. The fourth-order valence-electron chi connectivity index (χ4n) is 7.78. The number of ether oxygens (including phenoxy) is 2. The SMILES string of the molecule is CCCOc1cncc(C2=CCC3C4CCC5CC(=O)OCCC5(C)C4CCC23C)c1. The molecule has 4 nitrogen and oxygen atoms in total. The number of hydrogen-bond acceptors (Lipinski definition) is 4. The van der Waals surface area contributed by atoms with Crippen LogP contribution in [0.1, 0.15) is 77.7 Å². The minimum absolute atomic E-state index is 0.0234. The molecule has 0 bridgehead atoms. The normalized spacial score (nSPS) is 39.5. The van der Waals surface area contributed by atoms with E-state index in [9.17, 15) is 4.79 Å². The Morgan fingerprint density at radius 1 is 1.16 bits per heavy atom. The highest BCUT2D eigenvalue weighted by atomic mass is 16.5. The van der Waals surface area contributed by atoms with Crippen LogP contribution in [0.4, 0.5) is 0 Å². The minimum atomic E-state index is 0.0234. The van der Waals surface area contributed by atoms with Gasteiger partial charge >= 0.3 is 5.97 Å². The third-order valence-corrected chi connectivity index (χ3v) is 9.46. The van der Waals surface area contributed by atoms with E-state index < -0.39 is 0 Å². The van der Waals surface area contributed by atoms with E-state index in [0.717, 1.165) is 31.1 Å². The van der Waals surface area contributed by atoms with Gasteiger partial charge in [-0.3, -0.25) is 9.78 Å². The second kappa shape index (κ2) is 7.94. The number of rotatable bonds is 4. The van der Waals surface area contributed by atoms with Gasteiger partial charge in [-0.05, 0) is 96.7 Å². The van der Waals surface area contributed by atoms with Crippen molar-refractivity contribution in [2.75, 3.05) is 13.2 Å². The Kier molecular flexibility index (Phi) is 5.38. The highest BCUT2D eigenvalue weighted by Crippen LogP contribution is 2.66. The zero-order valence-electron chi connectivity index (χ0n) is 19.4. The summed E-state index contributed by atoms with van der Waals surface area (Å²) >= 11 is 0. The summed E-state index contributed by atoms with van der Waals surface area (Å²) in [4.78, 5) is 16.6. The summed E-state index contributed by atoms with van der Waals surface area (Å²) in [7, 11) is 0. The minimum Gasteiger partial charge on any atom is -0.492 e. The first-order valence-electron chi connectivity index (χ1n) is 12.4. The highest BCUT2D eigenvalue weighted by molar-refractivity contribution is 5.73. The summed E-state index contributed by atoms with van der Waals surface area (Å²) in [5, 5.41) is 0. The van der Waals surface area contributed by atoms with Crippen LogP contribution in [0.25, 0.3) is 5.57 Å². The molecular weight excluding hydrogens is 386 g/mol. The third kappa shape index (κ3) is 3.41.